The zero-order chi connectivity index (χ0) is 26.3. The van der Waals surface area contributed by atoms with Crippen LogP contribution in [0.2, 0.25) is 0 Å². The van der Waals surface area contributed by atoms with Crippen molar-refractivity contribution in [3.8, 4) is 22.6 Å². The molecule has 3 aromatic rings. The van der Waals surface area contributed by atoms with Gasteiger partial charge in [-0.2, -0.15) is 0 Å². The molecule has 2 aliphatic carbocycles. The number of carbonyl (C=O) groups is 1. The van der Waals surface area contributed by atoms with Crippen molar-refractivity contribution >= 4 is 5.97 Å². The fourth-order valence-electron chi connectivity index (χ4n) is 6.27. The molecular formula is C34H40O4. The van der Waals surface area contributed by atoms with E-state index in [2.05, 4.69) is 48.5 Å². The first kappa shape index (κ1) is 26.3. The Labute approximate surface area is 227 Å². The summed E-state index contributed by atoms with van der Waals surface area (Å²) < 4.78 is 11.8. The Morgan fingerprint density at radius 2 is 1.63 bits per heavy atom. The van der Waals surface area contributed by atoms with Crippen molar-refractivity contribution in [1.82, 2.24) is 0 Å². The van der Waals surface area contributed by atoms with Crippen LogP contribution in [0.3, 0.4) is 0 Å². The number of hydrogen-bond donors (Lipinski definition) is 1. The van der Waals surface area contributed by atoms with Crippen molar-refractivity contribution < 1.29 is 19.4 Å². The highest BCUT2D eigenvalue weighted by Gasteiger charge is 2.30. The van der Waals surface area contributed by atoms with Crippen molar-refractivity contribution in [2.45, 2.75) is 82.7 Å². The quantitative estimate of drug-likeness (QED) is 0.276. The van der Waals surface area contributed by atoms with E-state index in [1.807, 2.05) is 18.2 Å². The molecule has 4 heteroatoms. The number of methoxy groups -OCH3 is 1. The average molecular weight is 513 g/mol. The maximum atomic E-state index is 11.5. The highest BCUT2D eigenvalue weighted by Crippen LogP contribution is 2.42. The van der Waals surface area contributed by atoms with Gasteiger partial charge in [0, 0.05) is 0 Å². The minimum atomic E-state index is -0.726. The van der Waals surface area contributed by atoms with Gasteiger partial charge in [0.2, 0.25) is 0 Å². The summed E-state index contributed by atoms with van der Waals surface area (Å²) >= 11 is 0. The molecule has 0 saturated heterocycles. The van der Waals surface area contributed by atoms with E-state index in [1.54, 1.807) is 7.11 Å². The Morgan fingerprint density at radius 3 is 2.34 bits per heavy atom. The van der Waals surface area contributed by atoms with E-state index >= 15 is 0 Å². The molecule has 2 aliphatic rings. The SMILES string of the molecule is COc1cccc(-c2ccc(COc3cccc([C@@H](CC(=O)O)C4CCC4)c3)cc2C2CCCCCC2)c1. The molecule has 4 nitrogen and oxygen atoms in total. The summed E-state index contributed by atoms with van der Waals surface area (Å²) in [7, 11) is 1.72. The van der Waals surface area contributed by atoms with Gasteiger partial charge in [0.15, 0.2) is 0 Å². The molecular weight excluding hydrogens is 472 g/mol. The lowest BCUT2D eigenvalue weighted by Gasteiger charge is -2.33. The molecule has 1 N–H and O–H groups in total. The van der Waals surface area contributed by atoms with Gasteiger partial charge in [-0.1, -0.05) is 74.6 Å². The van der Waals surface area contributed by atoms with E-state index < -0.39 is 5.97 Å². The van der Waals surface area contributed by atoms with Gasteiger partial charge in [-0.05, 0) is 95.5 Å². The Morgan fingerprint density at radius 1 is 0.868 bits per heavy atom. The largest absolute Gasteiger partial charge is 0.497 e. The van der Waals surface area contributed by atoms with E-state index in [1.165, 1.54) is 67.2 Å². The molecule has 200 valence electrons. The van der Waals surface area contributed by atoms with Crippen molar-refractivity contribution in [2.24, 2.45) is 5.92 Å². The fourth-order valence-corrected chi connectivity index (χ4v) is 6.27. The van der Waals surface area contributed by atoms with E-state index in [9.17, 15) is 9.90 Å². The second-order valence-corrected chi connectivity index (χ2v) is 11.1. The molecule has 0 radical (unpaired) electrons. The third kappa shape index (κ3) is 6.40. The molecule has 0 aromatic heterocycles. The molecule has 38 heavy (non-hydrogen) atoms. The zero-order valence-electron chi connectivity index (χ0n) is 22.5. The van der Waals surface area contributed by atoms with Crippen molar-refractivity contribution in [2.75, 3.05) is 7.11 Å². The predicted octanol–water partition coefficient (Wildman–Crippen LogP) is 8.74. The third-order valence-electron chi connectivity index (χ3n) is 8.60. The topological polar surface area (TPSA) is 55.8 Å². The summed E-state index contributed by atoms with van der Waals surface area (Å²) in [6.45, 7) is 0.495. The highest BCUT2D eigenvalue weighted by atomic mass is 16.5. The standard InChI is InChI=1S/C34H40O4/c1-37-29-15-7-13-27(20-29)31-18-17-24(19-33(31)26-9-4-2-3-5-10-26)23-38-30-16-8-14-28(21-30)32(22-34(35)36)25-11-6-12-25/h7-8,13-21,25-26,32H,2-6,9-12,22-23H2,1H3,(H,35,36)/t32-/m0/s1. The third-order valence-corrected chi connectivity index (χ3v) is 8.60. The van der Waals surface area contributed by atoms with Gasteiger partial charge in [0.05, 0.1) is 13.5 Å². The van der Waals surface area contributed by atoms with Crippen LogP contribution < -0.4 is 9.47 Å². The minimum absolute atomic E-state index is 0.0637. The van der Waals surface area contributed by atoms with Gasteiger partial charge in [-0.25, -0.2) is 0 Å². The summed E-state index contributed by atoms with van der Waals surface area (Å²) in [5, 5.41) is 9.48. The molecule has 2 fully saturated rings. The number of hydrogen-bond acceptors (Lipinski definition) is 3. The molecule has 0 bridgehead atoms. The lowest BCUT2D eigenvalue weighted by molar-refractivity contribution is -0.138. The molecule has 0 spiro atoms. The Bertz CT molecular complexity index is 1220. The van der Waals surface area contributed by atoms with Gasteiger partial charge in [-0.3, -0.25) is 4.79 Å². The Kier molecular flexibility index (Phi) is 8.68. The van der Waals surface area contributed by atoms with Crippen LogP contribution in [-0.2, 0) is 11.4 Å². The monoisotopic (exact) mass is 512 g/mol. The number of benzene rings is 3. The van der Waals surface area contributed by atoms with Gasteiger partial charge < -0.3 is 14.6 Å². The Balaban J connectivity index is 1.38. The summed E-state index contributed by atoms with van der Waals surface area (Å²) in [6.07, 6.45) is 11.3. The molecule has 0 unspecified atom stereocenters. The molecule has 0 heterocycles. The number of rotatable bonds is 10. The van der Waals surface area contributed by atoms with Crippen molar-refractivity contribution in [3.63, 3.8) is 0 Å². The minimum Gasteiger partial charge on any atom is -0.497 e. The van der Waals surface area contributed by atoms with Gasteiger partial charge in [-0.15, -0.1) is 0 Å². The summed E-state index contributed by atoms with van der Waals surface area (Å²) in [4.78, 5) is 11.5. The van der Waals surface area contributed by atoms with Gasteiger partial charge in [0.1, 0.15) is 18.1 Å². The van der Waals surface area contributed by atoms with E-state index in [0.29, 0.717) is 18.4 Å². The molecule has 2 saturated carbocycles. The van der Waals surface area contributed by atoms with Crippen LogP contribution >= 0.6 is 0 Å². The summed E-state index contributed by atoms with van der Waals surface area (Å²) in [5.74, 6) is 2.05. The number of aliphatic carboxylic acids is 1. The normalized spacial score (nSPS) is 17.3. The lowest BCUT2D eigenvalue weighted by Crippen LogP contribution is -2.22. The fraction of sp³-hybridized carbons (Fsp3) is 0.441. The second kappa shape index (κ2) is 12.5. The van der Waals surface area contributed by atoms with E-state index in [-0.39, 0.29) is 12.3 Å². The maximum absolute atomic E-state index is 11.5. The number of carboxylic acids is 1. The highest BCUT2D eigenvalue weighted by molar-refractivity contribution is 5.70. The van der Waals surface area contributed by atoms with Crippen LogP contribution in [-0.4, -0.2) is 18.2 Å². The van der Waals surface area contributed by atoms with Crippen LogP contribution in [0.5, 0.6) is 11.5 Å². The summed E-state index contributed by atoms with van der Waals surface area (Å²) in [5.41, 5.74) is 6.16. The lowest BCUT2D eigenvalue weighted by atomic mass is 9.72. The van der Waals surface area contributed by atoms with Crippen molar-refractivity contribution in [3.05, 3.63) is 83.4 Å². The van der Waals surface area contributed by atoms with Crippen LogP contribution in [0, 0.1) is 5.92 Å². The molecule has 0 aliphatic heterocycles. The molecule has 5 rings (SSSR count). The van der Waals surface area contributed by atoms with E-state index in [4.69, 9.17) is 9.47 Å². The first-order valence-electron chi connectivity index (χ1n) is 14.3. The van der Waals surface area contributed by atoms with Gasteiger partial charge in [0.25, 0.3) is 0 Å². The molecule has 3 aromatic carbocycles. The first-order chi connectivity index (χ1) is 18.6. The van der Waals surface area contributed by atoms with E-state index in [0.717, 1.165) is 29.9 Å². The smallest absolute Gasteiger partial charge is 0.303 e. The maximum Gasteiger partial charge on any atom is 0.303 e. The molecule has 1 atom stereocenters. The molecule has 0 amide bonds. The van der Waals surface area contributed by atoms with Gasteiger partial charge >= 0.3 is 5.97 Å². The number of ether oxygens (including phenoxy) is 2. The average Bonchev–Trinajstić information content (AvgIpc) is 3.20. The number of carboxylic acid groups (broad SMARTS) is 1. The van der Waals surface area contributed by atoms with Crippen LogP contribution in [0.1, 0.15) is 92.7 Å². The predicted molar refractivity (Wildman–Crippen MR) is 152 cm³/mol. The Hall–Kier alpha value is -3.27. The van der Waals surface area contributed by atoms with Crippen molar-refractivity contribution in [1.29, 1.82) is 0 Å². The van der Waals surface area contributed by atoms with Crippen LogP contribution in [0.15, 0.2) is 66.7 Å². The van der Waals surface area contributed by atoms with Crippen LogP contribution in [0.4, 0.5) is 0 Å². The zero-order valence-corrected chi connectivity index (χ0v) is 22.5. The van der Waals surface area contributed by atoms with Crippen LogP contribution in [0.25, 0.3) is 11.1 Å². The summed E-state index contributed by atoms with van der Waals surface area (Å²) in [6, 6.07) is 23.3. The first-order valence-corrected chi connectivity index (χ1v) is 14.3. The second-order valence-electron chi connectivity index (χ2n) is 11.1.